The lowest BCUT2D eigenvalue weighted by atomic mass is 10.2. The largest absolute Gasteiger partial charge is 0.123 e. The second-order valence-electron chi connectivity index (χ2n) is 3.30. The molecule has 1 heterocycles. The van der Waals surface area contributed by atoms with Gasteiger partial charge in [-0.1, -0.05) is 61.7 Å². The van der Waals surface area contributed by atoms with Crippen molar-refractivity contribution in [3.05, 3.63) is 59.7 Å². The van der Waals surface area contributed by atoms with Crippen molar-refractivity contribution < 1.29 is 0 Å². The van der Waals surface area contributed by atoms with Crippen LogP contribution < -0.4 is 10.2 Å². The van der Waals surface area contributed by atoms with Gasteiger partial charge in [0.2, 0.25) is 0 Å². The van der Waals surface area contributed by atoms with Crippen molar-refractivity contribution in [2.45, 2.75) is 0 Å². The minimum atomic E-state index is 0.742. The van der Waals surface area contributed by atoms with Crippen LogP contribution in [0.3, 0.4) is 0 Å². The fourth-order valence-electron chi connectivity index (χ4n) is 1.73. The molecule has 0 aliphatic rings. The molecule has 2 aromatic rings. The van der Waals surface area contributed by atoms with E-state index in [-0.39, 0.29) is 0 Å². The van der Waals surface area contributed by atoms with E-state index in [0.717, 1.165) is 8.19 Å². The molecule has 0 spiro atoms. The summed E-state index contributed by atoms with van der Waals surface area (Å²) in [5.74, 6) is 0. The Balaban J connectivity index is 3.00. The maximum atomic E-state index is 3.77. The number of rotatable bonds is 2. The Bertz CT molecular complexity index is 614. The van der Waals surface area contributed by atoms with Gasteiger partial charge >= 0.3 is 0 Å². The number of hydrogen-bond donors (Lipinski definition) is 0. The predicted octanol–water partition coefficient (Wildman–Crippen LogP) is 2.80. The van der Waals surface area contributed by atoms with Gasteiger partial charge in [0.25, 0.3) is 0 Å². The van der Waals surface area contributed by atoms with Gasteiger partial charge in [-0.3, -0.25) is 0 Å². The van der Waals surface area contributed by atoms with Crippen molar-refractivity contribution >= 4 is 30.8 Å². The van der Waals surface area contributed by atoms with Crippen LogP contribution in [0.15, 0.2) is 49.6 Å². The number of fused-ring (bicyclic) bond motifs is 1. The van der Waals surface area contributed by atoms with E-state index in [2.05, 4.69) is 49.6 Å². The van der Waals surface area contributed by atoms with E-state index in [1.54, 1.807) is 0 Å². The van der Waals surface area contributed by atoms with E-state index in [1.807, 2.05) is 12.2 Å². The summed E-state index contributed by atoms with van der Waals surface area (Å²) in [6.07, 6.45) is 7.87. The van der Waals surface area contributed by atoms with E-state index in [4.69, 9.17) is 0 Å². The molecule has 1 atom stereocenters. The standard InChI is InChI=1S/C14H13P/c1-3-7-11-12-9-5-6-10-14(12)15-13(11)8-4-2/h3-10,15H,1-2H2/b11-7-,13-8+. The first-order chi connectivity index (χ1) is 7.36. The van der Waals surface area contributed by atoms with Crippen LogP contribution in [0.2, 0.25) is 0 Å². The summed E-state index contributed by atoms with van der Waals surface area (Å²) in [7, 11) is 0.742. The van der Waals surface area contributed by atoms with Crippen LogP contribution in [-0.4, -0.2) is 0 Å². The van der Waals surface area contributed by atoms with E-state index in [9.17, 15) is 0 Å². The van der Waals surface area contributed by atoms with Crippen LogP contribution in [0, 0.1) is 0 Å². The van der Waals surface area contributed by atoms with Crippen molar-refractivity contribution in [1.29, 1.82) is 0 Å². The van der Waals surface area contributed by atoms with Crippen LogP contribution in [0.25, 0.3) is 22.7 Å². The maximum absolute atomic E-state index is 3.77. The summed E-state index contributed by atoms with van der Waals surface area (Å²) in [4.78, 5) is 1.35. The highest BCUT2D eigenvalue weighted by Gasteiger charge is 1.96. The Morgan fingerprint density at radius 3 is 2.47 bits per heavy atom. The lowest BCUT2D eigenvalue weighted by molar-refractivity contribution is 1.75. The van der Waals surface area contributed by atoms with Gasteiger partial charge in [0.15, 0.2) is 0 Å². The zero-order valence-electron chi connectivity index (χ0n) is 8.53. The van der Waals surface area contributed by atoms with Crippen molar-refractivity contribution in [1.82, 2.24) is 0 Å². The number of hydrogen-bond acceptors (Lipinski definition) is 0. The topological polar surface area (TPSA) is 0 Å². The maximum Gasteiger partial charge on any atom is -0.000604 e. The third-order valence-corrected chi connectivity index (χ3v) is 3.76. The molecule has 74 valence electrons. The summed E-state index contributed by atoms with van der Waals surface area (Å²) in [6.45, 7) is 7.52. The van der Waals surface area contributed by atoms with E-state index in [1.165, 1.54) is 20.7 Å². The smallest absolute Gasteiger partial charge is 0.000604 e. The molecule has 0 nitrogen and oxygen atoms in total. The molecule has 1 heteroatoms. The molecule has 0 bridgehead atoms. The van der Waals surface area contributed by atoms with Gasteiger partial charge in [0, 0.05) is 0 Å². The Labute approximate surface area is 91.0 Å². The molecule has 1 aromatic carbocycles. The molecule has 0 N–H and O–H groups in total. The molecule has 15 heavy (non-hydrogen) atoms. The monoisotopic (exact) mass is 212 g/mol. The first kappa shape index (κ1) is 10.0. The second kappa shape index (κ2) is 4.33. The van der Waals surface area contributed by atoms with Crippen LogP contribution in [0.1, 0.15) is 0 Å². The normalized spacial score (nSPS) is 13.9. The van der Waals surface area contributed by atoms with Crippen molar-refractivity contribution in [2.75, 3.05) is 0 Å². The quantitative estimate of drug-likeness (QED) is 0.718. The predicted molar refractivity (Wildman–Crippen MR) is 72.0 cm³/mol. The fraction of sp³-hybridized carbons (Fsp3) is 0. The summed E-state index contributed by atoms with van der Waals surface area (Å²) in [6, 6.07) is 8.53. The van der Waals surface area contributed by atoms with Gasteiger partial charge < -0.3 is 0 Å². The molecule has 0 saturated carbocycles. The van der Waals surface area contributed by atoms with Gasteiger partial charge in [-0.25, -0.2) is 0 Å². The lowest BCUT2D eigenvalue weighted by Crippen LogP contribution is -2.16. The summed E-state index contributed by atoms with van der Waals surface area (Å²) in [5.41, 5.74) is 0. The second-order valence-corrected chi connectivity index (χ2v) is 4.63. The van der Waals surface area contributed by atoms with Crippen molar-refractivity contribution in [2.24, 2.45) is 0 Å². The minimum Gasteiger partial charge on any atom is -0.123 e. The SMILES string of the molecule is C=C/C=c1\c(=C/C=C)[pH]c2ccccc12. The van der Waals surface area contributed by atoms with E-state index >= 15 is 0 Å². The van der Waals surface area contributed by atoms with Crippen LogP contribution in [0.4, 0.5) is 0 Å². The average Bonchev–Trinajstić information content (AvgIpc) is 2.59. The molecule has 2 rings (SSSR count). The molecule has 0 fully saturated rings. The van der Waals surface area contributed by atoms with Gasteiger partial charge in [-0.2, -0.15) is 0 Å². The van der Waals surface area contributed by atoms with Gasteiger partial charge in [0.05, 0.1) is 0 Å². The van der Waals surface area contributed by atoms with E-state index in [0.29, 0.717) is 0 Å². The Kier molecular flexibility index (Phi) is 2.89. The zero-order chi connectivity index (χ0) is 10.7. The van der Waals surface area contributed by atoms with Gasteiger partial charge in [-0.15, -0.1) is 8.19 Å². The molecular formula is C14H13P. The molecular weight excluding hydrogens is 199 g/mol. The fourth-order valence-corrected chi connectivity index (χ4v) is 3.11. The van der Waals surface area contributed by atoms with Gasteiger partial charge in [-0.05, 0) is 20.7 Å². The van der Waals surface area contributed by atoms with Crippen molar-refractivity contribution in [3.8, 4) is 0 Å². The third kappa shape index (κ3) is 1.82. The molecule has 0 radical (unpaired) electrons. The molecule has 0 saturated heterocycles. The van der Waals surface area contributed by atoms with Crippen LogP contribution >= 0.6 is 8.19 Å². The minimum absolute atomic E-state index is 0.742. The number of benzene rings is 1. The van der Waals surface area contributed by atoms with E-state index < -0.39 is 0 Å². The molecule has 1 unspecified atom stereocenters. The Morgan fingerprint density at radius 1 is 1.00 bits per heavy atom. The Morgan fingerprint density at radius 2 is 1.73 bits per heavy atom. The number of allylic oxidation sites excluding steroid dienone is 2. The van der Waals surface area contributed by atoms with Crippen LogP contribution in [0.5, 0.6) is 0 Å². The van der Waals surface area contributed by atoms with Crippen LogP contribution in [-0.2, 0) is 0 Å². The molecule has 0 aliphatic heterocycles. The highest BCUT2D eigenvalue weighted by atomic mass is 31.0. The first-order valence-corrected chi connectivity index (χ1v) is 5.89. The lowest BCUT2D eigenvalue weighted by Gasteiger charge is -1.86. The molecule has 0 amide bonds. The molecule has 0 aliphatic carbocycles. The third-order valence-electron chi connectivity index (χ3n) is 2.35. The van der Waals surface area contributed by atoms with Gasteiger partial charge in [0.1, 0.15) is 0 Å². The Hall–Kier alpha value is -1.52. The average molecular weight is 212 g/mol. The summed E-state index contributed by atoms with van der Waals surface area (Å²) in [5, 5.41) is 4.04. The highest BCUT2D eigenvalue weighted by Crippen LogP contribution is 2.16. The zero-order valence-corrected chi connectivity index (χ0v) is 9.53. The summed E-state index contributed by atoms with van der Waals surface area (Å²) >= 11 is 0. The molecule has 1 aromatic heterocycles. The summed E-state index contributed by atoms with van der Waals surface area (Å²) < 4.78 is 0. The first-order valence-electron chi connectivity index (χ1n) is 4.89. The highest BCUT2D eigenvalue weighted by molar-refractivity contribution is 7.36. The van der Waals surface area contributed by atoms with Crippen molar-refractivity contribution in [3.63, 3.8) is 0 Å².